The number of hydrogen-bond acceptors (Lipinski definition) is 2. The van der Waals surface area contributed by atoms with E-state index in [9.17, 15) is 9.59 Å². The van der Waals surface area contributed by atoms with Gasteiger partial charge in [0.15, 0.2) is 0 Å². The maximum Gasteiger partial charge on any atom is 0.150 e. The molecule has 13 heavy (non-hydrogen) atoms. The summed E-state index contributed by atoms with van der Waals surface area (Å²) in [6, 6.07) is 0. The molecule has 2 atom stereocenters. The molecule has 2 rings (SSSR count). The number of Topliss-reactive ketones (excluding diaryl/α,β-unsaturated/α-hetero) is 2. The van der Waals surface area contributed by atoms with Crippen LogP contribution < -0.4 is 0 Å². The van der Waals surface area contributed by atoms with Gasteiger partial charge in [0.1, 0.15) is 11.6 Å². The molecule has 1 fully saturated rings. The van der Waals surface area contributed by atoms with Crippen molar-refractivity contribution in [2.24, 2.45) is 11.8 Å². The van der Waals surface area contributed by atoms with Crippen LogP contribution in [0.5, 0.6) is 0 Å². The Hall–Kier alpha value is -0.920. The molecule has 0 aromatic heterocycles. The van der Waals surface area contributed by atoms with Crippen molar-refractivity contribution in [2.45, 2.75) is 32.1 Å². The van der Waals surface area contributed by atoms with Gasteiger partial charge in [-0.1, -0.05) is 12.2 Å². The lowest BCUT2D eigenvalue weighted by Gasteiger charge is -2.10. The highest BCUT2D eigenvalue weighted by Gasteiger charge is 2.34. The SMILES string of the molecule is O=C1CCCC1C(=O)C1C=CCC1. The van der Waals surface area contributed by atoms with E-state index >= 15 is 0 Å². The van der Waals surface area contributed by atoms with Crippen LogP contribution in [0.2, 0.25) is 0 Å². The Bertz CT molecular complexity index is 265. The van der Waals surface area contributed by atoms with E-state index in [1.807, 2.05) is 12.2 Å². The maximum atomic E-state index is 11.8. The molecular weight excluding hydrogens is 164 g/mol. The monoisotopic (exact) mass is 178 g/mol. The summed E-state index contributed by atoms with van der Waals surface area (Å²) in [6.07, 6.45) is 8.25. The Labute approximate surface area is 78.0 Å². The summed E-state index contributed by atoms with van der Waals surface area (Å²) in [4.78, 5) is 23.1. The van der Waals surface area contributed by atoms with Gasteiger partial charge in [-0.15, -0.1) is 0 Å². The van der Waals surface area contributed by atoms with Crippen LogP contribution in [0, 0.1) is 11.8 Å². The standard InChI is InChI=1S/C11H14O2/c12-10-7-3-6-9(10)11(13)8-4-1-2-5-8/h1,4,8-9H,2-3,5-7H2. The van der Waals surface area contributed by atoms with Gasteiger partial charge < -0.3 is 0 Å². The molecule has 1 saturated carbocycles. The summed E-state index contributed by atoms with van der Waals surface area (Å²) in [6.45, 7) is 0. The van der Waals surface area contributed by atoms with Gasteiger partial charge in [-0.2, -0.15) is 0 Å². The lowest BCUT2D eigenvalue weighted by molar-refractivity contribution is -0.132. The number of rotatable bonds is 2. The summed E-state index contributed by atoms with van der Waals surface area (Å²) >= 11 is 0. The summed E-state index contributed by atoms with van der Waals surface area (Å²) in [7, 11) is 0. The van der Waals surface area contributed by atoms with Crippen molar-refractivity contribution < 1.29 is 9.59 Å². The Morgan fingerprint density at radius 1 is 1.38 bits per heavy atom. The molecule has 2 unspecified atom stereocenters. The van der Waals surface area contributed by atoms with Crippen LogP contribution in [0.3, 0.4) is 0 Å². The molecule has 2 nitrogen and oxygen atoms in total. The summed E-state index contributed by atoms with van der Waals surface area (Å²) in [5, 5.41) is 0. The van der Waals surface area contributed by atoms with Gasteiger partial charge >= 0.3 is 0 Å². The quantitative estimate of drug-likeness (QED) is 0.478. The lowest BCUT2D eigenvalue weighted by atomic mass is 9.91. The molecule has 70 valence electrons. The topological polar surface area (TPSA) is 34.1 Å². The fourth-order valence-corrected chi connectivity index (χ4v) is 2.24. The van der Waals surface area contributed by atoms with Crippen LogP contribution in [-0.4, -0.2) is 11.6 Å². The molecule has 0 N–H and O–H groups in total. The minimum atomic E-state index is -0.257. The van der Waals surface area contributed by atoms with Crippen molar-refractivity contribution in [1.29, 1.82) is 0 Å². The number of hydrogen-bond donors (Lipinski definition) is 0. The molecule has 2 heteroatoms. The summed E-state index contributed by atoms with van der Waals surface area (Å²) in [5.74, 6) is 0.140. The normalized spacial score (nSPS) is 32.8. The van der Waals surface area contributed by atoms with Crippen molar-refractivity contribution in [3.05, 3.63) is 12.2 Å². The van der Waals surface area contributed by atoms with Crippen LogP contribution >= 0.6 is 0 Å². The zero-order valence-electron chi connectivity index (χ0n) is 7.66. The third-order valence-electron chi connectivity index (χ3n) is 3.03. The van der Waals surface area contributed by atoms with Crippen molar-refractivity contribution >= 4 is 11.6 Å². The molecule has 0 spiro atoms. The van der Waals surface area contributed by atoms with Crippen LogP contribution in [0.25, 0.3) is 0 Å². The van der Waals surface area contributed by atoms with E-state index < -0.39 is 0 Å². The van der Waals surface area contributed by atoms with Gasteiger partial charge in [-0.05, 0) is 25.7 Å². The van der Waals surface area contributed by atoms with Crippen molar-refractivity contribution in [3.8, 4) is 0 Å². The number of ketones is 2. The minimum Gasteiger partial charge on any atom is -0.299 e. The first-order chi connectivity index (χ1) is 6.29. The molecule has 0 aromatic carbocycles. The minimum absolute atomic E-state index is 0.0482. The fraction of sp³-hybridized carbons (Fsp3) is 0.636. The van der Waals surface area contributed by atoms with E-state index in [-0.39, 0.29) is 23.4 Å². The van der Waals surface area contributed by atoms with Crippen LogP contribution in [-0.2, 0) is 9.59 Å². The zero-order valence-corrected chi connectivity index (χ0v) is 7.66. The molecule has 0 radical (unpaired) electrons. The predicted octanol–water partition coefficient (Wildman–Crippen LogP) is 1.89. The van der Waals surface area contributed by atoms with Gasteiger partial charge in [0.05, 0.1) is 5.92 Å². The summed E-state index contributed by atoms with van der Waals surface area (Å²) < 4.78 is 0. The highest BCUT2D eigenvalue weighted by atomic mass is 16.2. The van der Waals surface area contributed by atoms with Gasteiger partial charge in [-0.25, -0.2) is 0 Å². The fourth-order valence-electron chi connectivity index (χ4n) is 2.24. The van der Waals surface area contributed by atoms with Crippen molar-refractivity contribution in [2.75, 3.05) is 0 Å². The first-order valence-corrected chi connectivity index (χ1v) is 5.02. The molecule has 0 bridgehead atoms. The first kappa shape index (κ1) is 8.67. The summed E-state index contributed by atoms with van der Waals surface area (Å²) in [5.41, 5.74) is 0. The number of carbonyl (C=O) groups is 2. The Morgan fingerprint density at radius 2 is 2.23 bits per heavy atom. The second kappa shape index (κ2) is 3.44. The molecular formula is C11H14O2. The van der Waals surface area contributed by atoms with Crippen molar-refractivity contribution in [3.63, 3.8) is 0 Å². The largest absolute Gasteiger partial charge is 0.299 e. The van der Waals surface area contributed by atoms with Crippen LogP contribution in [0.15, 0.2) is 12.2 Å². The highest BCUT2D eigenvalue weighted by Crippen LogP contribution is 2.29. The van der Waals surface area contributed by atoms with Crippen LogP contribution in [0.4, 0.5) is 0 Å². The Kier molecular flexibility index (Phi) is 2.30. The van der Waals surface area contributed by atoms with E-state index in [4.69, 9.17) is 0 Å². The lowest BCUT2D eigenvalue weighted by Crippen LogP contribution is -2.24. The molecule has 0 saturated heterocycles. The third-order valence-corrected chi connectivity index (χ3v) is 3.03. The average molecular weight is 178 g/mol. The molecule has 2 aliphatic carbocycles. The van der Waals surface area contributed by atoms with Gasteiger partial charge in [0, 0.05) is 12.3 Å². The Morgan fingerprint density at radius 3 is 2.77 bits per heavy atom. The molecule has 2 aliphatic rings. The number of carbonyl (C=O) groups excluding carboxylic acids is 2. The van der Waals surface area contributed by atoms with E-state index in [1.54, 1.807) is 0 Å². The van der Waals surface area contributed by atoms with Gasteiger partial charge in [-0.3, -0.25) is 9.59 Å². The first-order valence-electron chi connectivity index (χ1n) is 5.02. The average Bonchev–Trinajstić information content (AvgIpc) is 2.72. The second-order valence-electron chi connectivity index (χ2n) is 3.93. The maximum absolute atomic E-state index is 11.8. The van der Waals surface area contributed by atoms with Gasteiger partial charge in [0.25, 0.3) is 0 Å². The van der Waals surface area contributed by atoms with E-state index in [0.29, 0.717) is 6.42 Å². The van der Waals surface area contributed by atoms with E-state index in [2.05, 4.69) is 0 Å². The third kappa shape index (κ3) is 1.58. The molecule has 0 heterocycles. The van der Waals surface area contributed by atoms with Crippen molar-refractivity contribution in [1.82, 2.24) is 0 Å². The van der Waals surface area contributed by atoms with E-state index in [1.165, 1.54) is 0 Å². The molecule has 0 aliphatic heterocycles. The number of allylic oxidation sites excluding steroid dienone is 2. The predicted molar refractivity (Wildman–Crippen MR) is 49.2 cm³/mol. The zero-order chi connectivity index (χ0) is 9.26. The van der Waals surface area contributed by atoms with E-state index in [0.717, 1.165) is 25.7 Å². The van der Waals surface area contributed by atoms with Crippen LogP contribution in [0.1, 0.15) is 32.1 Å². The molecule has 0 amide bonds. The van der Waals surface area contributed by atoms with Gasteiger partial charge in [0.2, 0.25) is 0 Å². The smallest absolute Gasteiger partial charge is 0.150 e. The Balaban J connectivity index is 2.03. The second-order valence-corrected chi connectivity index (χ2v) is 3.93. The highest BCUT2D eigenvalue weighted by molar-refractivity contribution is 6.05. The molecule has 0 aromatic rings.